The van der Waals surface area contributed by atoms with Gasteiger partial charge in [-0.25, -0.2) is 29.9 Å². The van der Waals surface area contributed by atoms with E-state index in [1.807, 2.05) is 127 Å². The highest BCUT2D eigenvalue weighted by molar-refractivity contribution is 7.26. The maximum Gasteiger partial charge on any atom is 0.165 e. The van der Waals surface area contributed by atoms with Crippen LogP contribution in [0.25, 0.3) is 99.6 Å². The van der Waals surface area contributed by atoms with E-state index < -0.39 is 0 Å². The van der Waals surface area contributed by atoms with Crippen molar-refractivity contribution in [2.45, 2.75) is 0 Å². The zero-order chi connectivity index (χ0) is 38.1. The largest absolute Gasteiger partial charge is 0.208 e. The second-order valence-electron chi connectivity index (χ2n) is 13.4. The van der Waals surface area contributed by atoms with Gasteiger partial charge < -0.3 is 0 Å². The molecule has 0 unspecified atom stereocenters. The predicted octanol–water partition coefficient (Wildman–Crippen LogP) is 12.0. The van der Waals surface area contributed by atoms with Crippen molar-refractivity contribution < 1.29 is 0 Å². The van der Waals surface area contributed by atoms with Crippen molar-refractivity contribution in [3.8, 4) is 85.5 Å². The Hall–Kier alpha value is -7.73. The molecule has 10 rings (SSSR count). The van der Waals surface area contributed by atoms with Gasteiger partial charge in [0.1, 0.15) is 0 Å². The zero-order valence-corrected chi connectivity index (χ0v) is 31.1. The van der Waals surface area contributed by atoms with Crippen LogP contribution in [0.5, 0.6) is 0 Å². The number of nitrogens with zero attached hydrogens (tertiary/aromatic N) is 7. The standard InChI is InChI=1S/C49H29N7S/c50-30-31-22-24-32(25-23-31)33-26-28-37(29-27-33)47-52-46(36-16-8-3-9-17-36)55-49(56-47)40-20-10-18-38-42-39(19-11-21-41(42)57-43(38)40)48-53-44(34-12-4-1-5-13-34)51-45(54-48)35-14-6-2-7-15-35/h1-29H. The Morgan fingerprint density at radius 1 is 0.351 bits per heavy atom. The minimum Gasteiger partial charge on any atom is -0.208 e. The van der Waals surface area contributed by atoms with Crippen LogP contribution in [0.1, 0.15) is 5.56 Å². The molecule has 3 aromatic heterocycles. The number of hydrogen-bond donors (Lipinski definition) is 0. The minimum atomic E-state index is 0.580. The number of hydrogen-bond acceptors (Lipinski definition) is 8. The third-order valence-electron chi connectivity index (χ3n) is 9.86. The maximum atomic E-state index is 9.24. The first kappa shape index (κ1) is 33.8. The summed E-state index contributed by atoms with van der Waals surface area (Å²) in [6.07, 6.45) is 0. The van der Waals surface area contributed by atoms with E-state index in [0.717, 1.165) is 64.7 Å². The molecule has 0 aliphatic rings. The van der Waals surface area contributed by atoms with Gasteiger partial charge in [-0.05, 0) is 35.4 Å². The Morgan fingerprint density at radius 2 is 0.754 bits per heavy atom. The van der Waals surface area contributed by atoms with Gasteiger partial charge in [0.2, 0.25) is 0 Å². The molecule has 0 atom stereocenters. The van der Waals surface area contributed by atoms with Crippen molar-refractivity contribution in [2.75, 3.05) is 0 Å². The van der Waals surface area contributed by atoms with Crippen LogP contribution in [0.4, 0.5) is 0 Å². The molecule has 0 saturated carbocycles. The first-order valence-electron chi connectivity index (χ1n) is 18.4. The highest BCUT2D eigenvalue weighted by Gasteiger charge is 2.20. The third-order valence-corrected chi connectivity index (χ3v) is 11.1. The lowest BCUT2D eigenvalue weighted by molar-refractivity contribution is 1.08. The first-order chi connectivity index (χ1) is 28.2. The molecule has 0 fully saturated rings. The molecule has 10 aromatic rings. The summed E-state index contributed by atoms with van der Waals surface area (Å²) in [5.74, 6) is 3.61. The average molecular weight is 748 g/mol. The SMILES string of the molecule is N#Cc1ccc(-c2ccc(-c3nc(-c4ccccc4)nc(-c4cccc5c4sc4cccc(-c6nc(-c7ccccc7)nc(-c7ccccc7)n6)c45)n3)cc2)cc1. The normalized spacial score (nSPS) is 11.1. The fraction of sp³-hybridized carbons (Fsp3) is 0. The van der Waals surface area contributed by atoms with Gasteiger partial charge in [0.05, 0.1) is 11.6 Å². The summed E-state index contributed by atoms with van der Waals surface area (Å²) in [6, 6.07) is 60.7. The highest BCUT2D eigenvalue weighted by atomic mass is 32.1. The van der Waals surface area contributed by atoms with Crippen molar-refractivity contribution in [3.05, 3.63) is 181 Å². The van der Waals surface area contributed by atoms with E-state index in [0.29, 0.717) is 40.5 Å². The number of nitriles is 1. The minimum absolute atomic E-state index is 0.580. The smallest absolute Gasteiger partial charge is 0.165 e. The second-order valence-corrected chi connectivity index (χ2v) is 14.5. The predicted molar refractivity (Wildman–Crippen MR) is 229 cm³/mol. The van der Waals surface area contributed by atoms with Crippen molar-refractivity contribution >= 4 is 31.5 Å². The van der Waals surface area contributed by atoms with Gasteiger partial charge in [0.15, 0.2) is 34.9 Å². The molecule has 0 N–H and O–H groups in total. The van der Waals surface area contributed by atoms with Gasteiger partial charge in [-0.15, -0.1) is 11.3 Å². The van der Waals surface area contributed by atoms with Gasteiger partial charge in [0.25, 0.3) is 0 Å². The highest BCUT2D eigenvalue weighted by Crippen LogP contribution is 2.43. The lowest BCUT2D eigenvalue weighted by Crippen LogP contribution is -2.00. The molecule has 0 spiro atoms. The molecule has 3 heterocycles. The van der Waals surface area contributed by atoms with Crippen molar-refractivity contribution in [1.82, 2.24) is 29.9 Å². The Kier molecular flexibility index (Phi) is 8.60. The molecule has 0 saturated heterocycles. The molecule has 0 bridgehead atoms. The van der Waals surface area contributed by atoms with E-state index in [2.05, 4.69) is 54.6 Å². The monoisotopic (exact) mass is 747 g/mol. The Balaban J connectivity index is 1.13. The zero-order valence-electron chi connectivity index (χ0n) is 30.3. The number of thiophene rings is 1. The van der Waals surface area contributed by atoms with Crippen LogP contribution >= 0.6 is 11.3 Å². The maximum absolute atomic E-state index is 9.24. The molecular weight excluding hydrogens is 719 g/mol. The quantitative estimate of drug-likeness (QED) is 0.160. The van der Waals surface area contributed by atoms with Crippen molar-refractivity contribution in [3.63, 3.8) is 0 Å². The van der Waals surface area contributed by atoms with Gasteiger partial charge in [-0.1, -0.05) is 152 Å². The second kappa shape index (κ2) is 14.5. The number of benzene rings is 7. The van der Waals surface area contributed by atoms with Crippen LogP contribution in [0.3, 0.4) is 0 Å². The summed E-state index contributed by atoms with van der Waals surface area (Å²) in [4.78, 5) is 30.3. The van der Waals surface area contributed by atoms with Gasteiger partial charge in [0, 0.05) is 53.6 Å². The fourth-order valence-corrected chi connectivity index (χ4v) is 8.27. The molecule has 7 nitrogen and oxygen atoms in total. The van der Waals surface area contributed by atoms with E-state index in [9.17, 15) is 5.26 Å². The lowest BCUT2D eigenvalue weighted by Gasteiger charge is -2.10. The molecule has 8 heteroatoms. The van der Waals surface area contributed by atoms with Crippen LogP contribution in [-0.2, 0) is 0 Å². The van der Waals surface area contributed by atoms with E-state index >= 15 is 0 Å². The van der Waals surface area contributed by atoms with Gasteiger partial charge in [-0.2, -0.15) is 5.26 Å². The molecule has 57 heavy (non-hydrogen) atoms. The van der Waals surface area contributed by atoms with E-state index in [4.69, 9.17) is 29.9 Å². The molecule has 266 valence electrons. The van der Waals surface area contributed by atoms with Crippen molar-refractivity contribution in [2.24, 2.45) is 0 Å². The number of fused-ring (bicyclic) bond motifs is 3. The molecule has 0 radical (unpaired) electrons. The van der Waals surface area contributed by atoms with Crippen LogP contribution in [0.2, 0.25) is 0 Å². The summed E-state index contributed by atoms with van der Waals surface area (Å²) in [7, 11) is 0. The molecular formula is C49H29N7S. The molecule has 0 amide bonds. The van der Waals surface area contributed by atoms with Crippen LogP contribution in [-0.4, -0.2) is 29.9 Å². The Bertz CT molecular complexity index is 3050. The summed E-state index contributed by atoms with van der Waals surface area (Å²) < 4.78 is 2.17. The number of aromatic nitrogens is 6. The molecule has 0 aliphatic carbocycles. The first-order valence-corrected chi connectivity index (χ1v) is 19.2. The van der Waals surface area contributed by atoms with Crippen LogP contribution in [0.15, 0.2) is 176 Å². The summed E-state index contributed by atoms with van der Waals surface area (Å²) in [5, 5.41) is 11.4. The topological polar surface area (TPSA) is 101 Å². The van der Waals surface area contributed by atoms with Gasteiger partial charge in [-0.3, -0.25) is 0 Å². The average Bonchev–Trinajstić information content (AvgIpc) is 3.69. The third kappa shape index (κ3) is 6.48. The van der Waals surface area contributed by atoms with E-state index in [-0.39, 0.29) is 0 Å². The van der Waals surface area contributed by atoms with E-state index in [1.165, 1.54) is 0 Å². The molecule has 7 aromatic carbocycles. The Labute approximate surface area is 332 Å². The van der Waals surface area contributed by atoms with Crippen LogP contribution in [0, 0.1) is 11.3 Å². The summed E-state index contributed by atoms with van der Waals surface area (Å²) in [6.45, 7) is 0. The number of rotatable bonds is 7. The fourth-order valence-electron chi connectivity index (χ4n) is 7.03. The summed E-state index contributed by atoms with van der Waals surface area (Å²) in [5.41, 5.74) is 8.17. The Morgan fingerprint density at radius 3 is 1.26 bits per heavy atom. The lowest BCUT2D eigenvalue weighted by atomic mass is 10.0. The van der Waals surface area contributed by atoms with E-state index in [1.54, 1.807) is 11.3 Å². The van der Waals surface area contributed by atoms with Crippen molar-refractivity contribution in [1.29, 1.82) is 5.26 Å². The van der Waals surface area contributed by atoms with Crippen LogP contribution < -0.4 is 0 Å². The van der Waals surface area contributed by atoms with Gasteiger partial charge >= 0.3 is 0 Å². The summed E-state index contributed by atoms with van der Waals surface area (Å²) >= 11 is 1.71. The molecule has 0 aliphatic heterocycles.